The van der Waals surface area contributed by atoms with E-state index in [9.17, 15) is 0 Å². The molecule has 1 fully saturated rings. The van der Waals surface area contributed by atoms with Gasteiger partial charge < -0.3 is 11.1 Å². The molecule has 1 saturated carbocycles. The van der Waals surface area contributed by atoms with E-state index >= 15 is 0 Å². The highest BCUT2D eigenvalue weighted by Crippen LogP contribution is 2.34. The number of nitrogens with two attached hydrogens (primary N) is 1. The van der Waals surface area contributed by atoms with Crippen LogP contribution >= 0.6 is 0 Å². The van der Waals surface area contributed by atoms with Gasteiger partial charge in [0.25, 0.3) is 0 Å². The molecule has 0 amide bonds. The van der Waals surface area contributed by atoms with Crippen LogP contribution in [-0.2, 0) is 6.42 Å². The van der Waals surface area contributed by atoms with Gasteiger partial charge in [0.15, 0.2) is 0 Å². The number of rotatable bonds is 2. The van der Waals surface area contributed by atoms with E-state index in [1.165, 1.54) is 49.7 Å². The fraction of sp³-hybridized carbons (Fsp3) is 0.625. The lowest BCUT2D eigenvalue weighted by Crippen LogP contribution is -2.35. The Balaban J connectivity index is 1.69. The average Bonchev–Trinajstić information content (AvgIpc) is 2.72. The first-order chi connectivity index (χ1) is 8.72. The number of anilines is 1. The van der Waals surface area contributed by atoms with Crippen molar-refractivity contribution in [3.8, 4) is 0 Å². The molecule has 3 unspecified atom stereocenters. The van der Waals surface area contributed by atoms with Gasteiger partial charge in [0.1, 0.15) is 0 Å². The summed E-state index contributed by atoms with van der Waals surface area (Å²) in [5.74, 6) is 0.892. The van der Waals surface area contributed by atoms with Crippen LogP contribution < -0.4 is 11.1 Å². The molecule has 1 aromatic rings. The molecule has 1 aromatic carbocycles. The van der Waals surface area contributed by atoms with Crippen LogP contribution in [0, 0.1) is 5.92 Å². The predicted molar refractivity (Wildman–Crippen MR) is 76.5 cm³/mol. The second-order valence-corrected chi connectivity index (χ2v) is 6.18. The van der Waals surface area contributed by atoms with Crippen LogP contribution in [0.3, 0.4) is 0 Å². The fourth-order valence-electron chi connectivity index (χ4n) is 3.68. The van der Waals surface area contributed by atoms with E-state index in [0.717, 1.165) is 17.6 Å². The first-order valence-electron chi connectivity index (χ1n) is 7.36. The summed E-state index contributed by atoms with van der Waals surface area (Å²) < 4.78 is 0. The number of aryl methyl sites for hydroxylation is 1. The zero-order valence-electron chi connectivity index (χ0n) is 11.3. The van der Waals surface area contributed by atoms with Gasteiger partial charge >= 0.3 is 0 Å². The number of hydrogen-bond donors (Lipinski definition) is 2. The van der Waals surface area contributed by atoms with Crippen molar-refractivity contribution >= 4 is 5.69 Å². The lowest BCUT2D eigenvalue weighted by atomic mass is 9.86. The molecule has 3 atom stereocenters. The molecule has 0 aromatic heterocycles. The molecule has 0 radical (unpaired) electrons. The van der Waals surface area contributed by atoms with Crippen molar-refractivity contribution in [3.05, 3.63) is 29.3 Å². The number of nitrogen functional groups attached to an aromatic ring is 1. The molecule has 0 spiro atoms. The zero-order valence-corrected chi connectivity index (χ0v) is 11.3. The Morgan fingerprint density at radius 1 is 1.22 bits per heavy atom. The maximum Gasteiger partial charge on any atom is 0.0328 e. The average molecular weight is 244 g/mol. The highest BCUT2D eigenvalue weighted by atomic mass is 15.0. The maximum atomic E-state index is 5.86. The van der Waals surface area contributed by atoms with E-state index in [0.29, 0.717) is 6.04 Å². The van der Waals surface area contributed by atoms with Crippen LogP contribution in [0.2, 0.25) is 0 Å². The maximum absolute atomic E-state index is 5.86. The summed E-state index contributed by atoms with van der Waals surface area (Å²) in [6.07, 6.45) is 7.92. The number of fused-ring (bicyclic) bond motifs is 1. The second kappa shape index (κ2) is 4.93. The standard InChI is InChI=1S/C16H24N2/c1-11-3-2-4-14(9-11)18-16-8-5-12-10-13(17)6-7-15(12)16/h6-7,10-11,14,16,18H,2-5,8-9,17H2,1H3. The second-order valence-electron chi connectivity index (χ2n) is 6.18. The molecule has 2 aliphatic rings. The van der Waals surface area contributed by atoms with Gasteiger partial charge in [0.2, 0.25) is 0 Å². The zero-order chi connectivity index (χ0) is 12.5. The minimum Gasteiger partial charge on any atom is -0.399 e. The molecule has 18 heavy (non-hydrogen) atoms. The van der Waals surface area contributed by atoms with Crippen molar-refractivity contribution in [2.45, 2.75) is 57.5 Å². The van der Waals surface area contributed by atoms with Crippen LogP contribution in [-0.4, -0.2) is 6.04 Å². The summed E-state index contributed by atoms with van der Waals surface area (Å²) in [5, 5.41) is 3.88. The van der Waals surface area contributed by atoms with E-state index in [1.54, 1.807) is 0 Å². The van der Waals surface area contributed by atoms with Crippen molar-refractivity contribution in [3.63, 3.8) is 0 Å². The van der Waals surface area contributed by atoms with Crippen LogP contribution in [0.4, 0.5) is 5.69 Å². The van der Waals surface area contributed by atoms with E-state index in [2.05, 4.69) is 24.4 Å². The molecule has 2 heteroatoms. The van der Waals surface area contributed by atoms with E-state index in [-0.39, 0.29) is 0 Å². The first-order valence-corrected chi connectivity index (χ1v) is 7.36. The number of nitrogens with one attached hydrogen (secondary N) is 1. The van der Waals surface area contributed by atoms with Crippen molar-refractivity contribution < 1.29 is 0 Å². The Labute approximate surface area is 110 Å². The van der Waals surface area contributed by atoms with Crippen LogP contribution in [0.15, 0.2) is 18.2 Å². The molecule has 98 valence electrons. The summed E-state index contributed by atoms with van der Waals surface area (Å²) in [7, 11) is 0. The Morgan fingerprint density at radius 3 is 2.94 bits per heavy atom. The molecular weight excluding hydrogens is 220 g/mol. The molecule has 2 aliphatic carbocycles. The van der Waals surface area contributed by atoms with Gasteiger partial charge in [0, 0.05) is 17.8 Å². The lowest BCUT2D eigenvalue weighted by Gasteiger charge is -2.30. The van der Waals surface area contributed by atoms with Crippen LogP contribution in [0.1, 0.15) is 56.2 Å². The quantitative estimate of drug-likeness (QED) is 0.782. The van der Waals surface area contributed by atoms with Crippen molar-refractivity contribution in [1.29, 1.82) is 0 Å². The topological polar surface area (TPSA) is 38.0 Å². The summed E-state index contributed by atoms with van der Waals surface area (Å²) in [6.45, 7) is 2.39. The third kappa shape index (κ3) is 2.39. The monoisotopic (exact) mass is 244 g/mol. The molecule has 3 rings (SSSR count). The Hall–Kier alpha value is -1.02. The van der Waals surface area contributed by atoms with Crippen molar-refractivity contribution in [2.24, 2.45) is 5.92 Å². The number of benzene rings is 1. The van der Waals surface area contributed by atoms with Gasteiger partial charge in [-0.1, -0.05) is 25.8 Å². The molecule has 0 bridgehead atoms. The van der Waals surface area contributed by atoms with Gasteiger partial charge in [0.05, 0.1) is 0 Å². The summed E-state index contributed by atoms with van der Waals surface area (Å²) >= 11 is 0. The van der Waals surface area contributed by atoms with E-state index in [1.807, 2.05) is 6.07 Å². The first kappa shape index (κ1) is 12.0. The normalized spacial score (nSPS) is 31.3. The highest BCUT2D eigenvalue weighted by Gasteiger charge is 2.26. The molecule has 3 N–H and O–H groups in total. The van der Waals surface area contributed by atoms with Crippen molar-refractivity contribution in [1.82, 2.24) is 5.32 Å². The summed E-state index contributed by atoms with van der Waals surface area (Å²) in [4.78, 5) is 0. The SMILES string of the molecule is CC1CCCC(NC2CCc3cc(N)ccc32)C1. The van der Waals surface area contributed by atoms with Crippen LogP contribution in [0.5, 0.6) is 0 Å². The smallest absolute Gasteiger partial charge is 0.0328 e. The Bertz CT molecular complexity index is 427. The Kier molecular flexibility index (Phi) is 3.29. The molecule has 0 aliphatic heterocycles. The molecule has 0 saturated heterocycles. The fourth-order valence-corrected chi connectivity index (χ4v) is 3.68. The molecular formula is C16H24N2. The van der Waals surface area contributed by atoms with Crippen LogP contribution in [0.25, 0.3) is 0 Å². The summed E-state index contributed by atoms with van der Waals surface area (Å²) in [5.41, 5.74) is 9.71. The van der Waals surface area contributed by atoms with E-state index in [4.69, 9.17) is 5.73 Å². The third-order valence-corrected chi connectivity index (χ3v) is 4.62. The third-order valence-electron chi connectivity index (χ3n) is 4.62. The lowest BCUT2D eigenvalue weighted by molar-refractivity contribution is 0.280. The van der Waals surface area contributed by atoms with E-state index < -0.39 is 0 Å². The van der Waals surface area contributed by atoms with Gasteiger partial charge in [-0.3, -0.25) is 0 Å². The van der Waals surface area contributed by atoms with Gasteiger partial charge in [-0.25, -0.2) is 0 Å². The minimum atomic E-state index is 0.566. The predicted octanol–water partition coefficient (Wildman–Crippen LogP) is 3.42. The highest BCUT2D eigenvalue weighted by molar-refractivity contribution is 5.47. The number of hydrogen-bond acceptors (Lipinski definition) is 2. The van der Waals surface area contributed by atoms with Gasteiger partial charge in [-0.15, -0.1) is 0 Å². The Morgan fingerprint density at radius 2 is 2.11 bits per heavy atom. The largest absolute Gasteiger partial charge is 0.399 e. The minimum absolute atomic E-state index is 0.566. The molecule has 2 nitrogen and oxygen atoms in total. The summed E-state index contributed by atoms with van der Waals surface area (Å²) in [6, 6.07) is 7.71. The van der Waals surface area contributed by atoms with Gasteiger partial charge in [-0.2, -0.15) is 0 Å². The molecule has 0 heterocycles. The van der Waals surface area contributed by atoms with Gasteiger partial charge in [-0.05, 0) is 54.9 Å². The van der Waals surface area contributed by atoms with Crippen molar-refractivity contribution in [2.75, 3.05) is 5.73 Å².